The molecule has 1 fully saturated rings. The van der Waals surface area contributed by atoms with E-state index >= 15 is 0 Å². The van der Waals surface area contributed by atoms with Gasteiger partial charge in [-0.3, -0.25) is 9.59 Å². The normalized spacial score (nSPS) is 17.0. The van der Waals surface area contributed by atoms with E-state index in [-0.39, 0.29) is 18.4 Å². The van der Waals surface area contributed by atoms with Crippen LogP contribution in [0.15, 0.2) is 47.4 Å². The second-order valence-electron chi connectivity index (χ2n) is 6.22. The van der Waals surface area contributed by atoms with Crippen molar-refractivity contribution in [3.8, 4) is 11.5 Å². The Kier molecular flexibility index (Phi) is 5.75. The number of nitrogens with zero attached hydrogens (tertiary/aromatic N) is 1. The first-order valence-corrected chi connectivity index (χ1v) is 10.3. The summed E-state index contributed by atoms with van der Waals surface area (Å²) in [7, 11) is 0. The van der Waals surface area contributed by atoms with Gasteiger partial charge in [0.15, 0.2) is 6.61 Å². The topological polar surface area (TPSA) is 67.9 Å². The lowest BCUT2D eigenvalue weighted by Crippen LogP contribution is -2.40. The van der Waals surface area contributed by atoms with E-state index in [1.165, 1.54) is 11.8 Å². The maximum absolute atomic E-state index is 12.8. The highest BCUT2D eigenvalue weighted by Crippen LogP contribution is 2.34. The van der Waals surface area contributed by atoms with E-state index < -0.39 is 0 Å². The molecule has 2 aliphatic rings. The highest BCUT2D eigenvalue weighted by molar-refractivity contribution is 8.26. The van der Waals surface area contributed by atoms with Crippen molar-refractivity contribution in [3.63, 3.8) is 0 Å². The summed E-state index contributed by atoms with van der Waals surface area (Å²) in [6.07, 6.45) is 1.74. The first kappa shape index (κ1) is 19.8. The Morgan fingerprint density at radius 1 is 1.31 bits per heavy atom. The smallest absolute Gasteiger partial charge is 0.265 e. The van der Waals surface area contributed by atoms with Crippen molar-refractivity contribution < 1.29 is 19.1 Å². The van der Waals surface area contributed by atoms with Gasteiger partial charge in [0.25, 0.3) is 11.8 Å². The van der Waals surface area contributed by atoms with Gasteiger partial charge in [-0.25, -0.2) is 0 Å². The summed E-state index contributed by atoms with van der Waals surface area (Å²) < 4.78 is 11.7. The minimum atomic E-state index is -0.224. The van der Waals surface area contributed by atoms with E-state index in [9.17, 15) is 9.59 Å². The molecule has 0 radical (unpaired) electrons. The lowest BCUT2D eigenvalue weighted by Gasteiger charge is -2.29. The summed E-state index contributed by atoms with van der Waals surface area (Å²) in [6.45, 7) is 0.695. The van der Waals surface area contributed by atoms with Gasteiger partial charge in [-0.1, -0.05) is 41.6 Å². The van der Waals surface area contributed by atoms with E-state index in [0.717, 1.165) is 5.56 Å². The molecule has 2 heterocycles. The molecule has 2 aromatic carbocycles. The minimum Gasteiger partial charge on any atom is -0.490 e. The molecule has 0 atom stereocenters. The predicted molar refractivity (Wildman–Crippen MR) is 118 cm³/mol. The van der Waals surface area contributed by atoms with Crippen molar-refractivity contribution in [2.45, 2.75) is 0 Å². The van der Waals surface area contributed by atoms with Crippen LogP contribution in [-0.4, -0.2) is 35.9 Å². The number of hydrogen-bond acceptors (Lipinski definition) is 6. The van der Waals surface area contributed by atoms with Crippen LogP contribution in [0.2, 0.25) is 5.02 Å². The van der Waals surface area contributed by atoms with Gasteiger partial charge in [0.1, 0.15) is 22.4 Å². The summed E-state index contributed by atoms with van der Waals surface area (Å²) in [4.78, 5) is 26.8. The van der Waals surface area contributed by atoms with Crippen molar-refractivity contribution in [1.82, 2.24) is 5.32 Å². The third kappa shape index (κ3) is 4.55. The zero-order valence-electron chi connectivity index (χ0n) is 15.0. The van der Waals surface area contributed by atoms with Crippen LogP contribution in [0.4, 0.5) is 5.69 Å². The molecule has 29 heavy (non-hydrogen) atoms. The summed E-state index contributed by atoms with van der Waals surface area (Å²) in [5.74, 6) is 0.758. The lowest BCUT2D eigenvalue weighted by molar-refractivity contribution is -0.120. The van der Waals surface area contributed by atoms with Gasteiger partial charge in [0, 0.05) is 5.02 Å². The second kappa shape index (κ2) is 8.44. The monoisotopic (exact) mass is 446 g/mol. The molecule has 148 valence electrons. The van der Waals surface area contributed by atoms with Crippen molar-refractivity contribution in [2.24, 2.45) is 0 Å². The quantitative estimate of drug-likeness (QED) is 0.571. The maximum atomic E-state index is 12.8. The zero-order chi connectivity index (χ0) is 20.4. The van der Waals surface area contributed by atoms with Gasteiger partial charge in [-0.05, 0) is 48.0 Å². The molecule has 4 rings (SSSR count). The number of anilines is 1. The van der Waals surface area contributed by atoms with E-state index in [4.69, 9.17) is 33.3 Å². The molecule has 2 aromatic rings. The molecule has 0 spiro atoms. The van der Waals surface area contributed by atoms with Gasteiger partial charge in [0.2, 0.25) is 0 Å². The standard InChI is InChI=1S/C20H15ClN2O4S2/c21-13-2-4-14(5-3-13)27-11-18(24)23-7-8-26-16-6-1-12(9-15(16)23)10-17-19(25)22-20(28)29-17/h1-6,9-10H,7-8,11H2,(H,22,25,28)/b17-10-. The Labute approximate surface area is 181 Å². The number of rotatable bonds is 4. The van der Waals surface area contributed by atoms with Crippen molar-refractivity contribution in [2.75, 3.05) is 24.7 Å². The van der Waals surface area contributed by atoms with Crippen LogP contribution in [0, 0.1) is 0 Å². The molecule has 1 saturated heterocycles. The molecule has 2 amide bonds. The van der Waals surface area contributed by atoms with Gasteiger partial charge < -0.3 is 19.7 Å². The van der Waals surface area contributed by atoms with E-state index in [1.54, 1.807) is 41.3 Å². The number of carbonyl (C=O) groups excluding carboxylic acids is 2. The lowest BCUT2D eigenvalue weighted by atomic mass is 10.1. The van der Waals surface area contributed by atoms with E-state index in [1.807, 2.05) is 12.1 Å². The SMILES string of the molecule is O=C1NC(=S)S/C1=C\c1ccc2c(c1)N(C(=O)COc1ccc(Cl)cc1)CCO2. The molecular weight excluding hydrogens is 432 g/mol. The Morgan fingerprint density at radius 2 is 2.10 bits per heavy atom. The number of benzene rings is 2. The maximum Gasteiger partial charge on any atom is 0.265 e. The molecule has 0 unspecified atom stereocenters. The third-order valence-corrected chi connectivity index (χ3v) is 5.68. The Hall–Kier alpha value is -2.55. The molecule has 1 N–H and O–H groups in total. The van der Waals surface area contributed by atoms with Crippen LogP contribution in [0.5, 0.6) is 11.5 Å². The fourth-order valence-electron chi connectivity index (χ4n) is 2.91. The average Bonchev–Trinajstić information content (AvgIpc) is 3.03. The molecule has 0 aliphatic carbocycles. The number of hydrogen-bond donors (Lipinski definition) is 1. The Morgan fingerprint density at radius 3 is 2.83 bits per heavy atom. The van der Waals surface area contributed by atoms with Crippen LogP contribution in [0.1, 0.15) is 5.56 Å². The third-order valence-electron chi connectivity index (χ3n) is 4.26. The summed E-state index contributed by atoms with van der Waals surface area (Å²) in [5.41, 5.74) is 1.41. The number of amides is 2. The molecule has 0 saturated carbocycles. The van der Waals surface area contributed by atoms with Gasteiger partial charge in [0.05, 0.1) is 17.1 Å². The van der Waals surface area contributed by atoms with Gasteiger partial charge in [-0.2, -0.15) is 0 Å². The predicted octanol–water partition coefficient (Wildman–Crippen LogP) is 3.63. The average molecular weight is 447 g/mol. The zero-order valence-corrected chi connectivity index (χ0v) is 17.4. The summed E-state index contributed by atoms with van der Waals surface area (Å²) in [5, 5.41) is 3.18. The molecule has 9 heteroatoms. The van der Waals surface area contributed by atoms with Crippen LogP contribution < -0.4 is 19.7 Å². The molecule has 0 aromatic heterocycles. The van der Waals surface area contributed by atoms with Crippen LogP contribution >= 0.6 is 35.6 Å². The highest BCUT2D eigenvalue weighted by Gasteiger charge is 2.26. The fraction of sp³-hybridized carbons (Fsp3) is 0.150. The van der Waals surface area contributed by atoms with Crippen LogP contribution in [0.25, 0.3) is 6.08 Å². The van der Waals surface area contributed by atoms with Crippen molar-refractivity contribution in [3.05, 3.63) is 58.0 Å². The number of thioether (sulfide) groups is 1. The van der Waals surface area contributed by atoms with Gasteiger partial charge >= 0.3 is 0 Å². The van der Waals surface area contributed by atoms with E-state index in [0.29, 0.717) is 44.6 Å². The summed E-state index contributed by atoms with van der Waals surface area (Å²) in [6, 6.07) is 12.3. The molecular formula is C20H15ClN2O4S2. The molecule has 6 nitrogen and oxygen atoms in total. The summed E-state index contributed by atoms with van der Waals surface area (Å²) >= 11 is 12.1. The second-order valence-corrected chi connectivity index (χ2v) is 8.37. The molecule has 0 bridgehead atoms. The number of fused-ring (bicyclic) bond motifs is 1. The minimum absolute atomic E-state index is 0.112. The highest BCUT2D eigenvalue weighted by atomic mass is 35.5. The molecule has 2 aliphatic heterocycles. The van der Waals surface area contributed by atoms with Crippen LogP contribution in [-0.2, 0) is 9.59 Å². The number of halogens is 1. The number of carbonyl (C=O) groups is 2. The fourth-order valence-corrected chi connectivity index (χ4v) is 4.08. The number of ether oxygens (including phenoxy) is 2. The first-order valence-electron chi connectivity index (χ1n) is 8.70. The van der Waals surface area contributed by atoms with Gasteiger partial charge in [-0.15, -0.1) is 0 Å². The van der Waals surface area contributed by atoms with Crippen molar-refractivity contribution in [1.29, 1.82) is 0 Å². The van der Waals surface area contributed by atoms with Crippen molar-refractivity contribution >= 4 is 63.5 Å². The Bertz CT molecular complexity index is 1020. The largest absolute Gasteiger partial charge is 0.490 e. The van der Waals surface area contributed by atoms with Crippen LogP contribution in [0.3, 0.4) is 0 Å². The Balaban J connectivity index is 1.52. The number of nitrogens with one attached hydrogen (secondary N) is 1. The number of thiocarbonyl (C=S) groups is 1. The van der Waals surface area contributed by atoms with E-state index in [2.05, 4.69) is 5.32 Å². The first-order chi connectivity index (χ1) is 14.0.